The maximum Gasteiger partial charge on any atom is 0.296 e. The van der Waals surface area contributed by atoms with Crippen molar-refractivity contribution in [2.24, 2.45) is 0 Å². The summed E-state index contributed by atoms with van der Waals surface area (Å²) in [5.41, 5.74) is 2.12. The molecular weight excluding hydrogens is 564 g/mol. The minimum absolute atomic E-state index is 0.0337. The predicted molar refractivity (Wildman–Crippen MR) is 143 cm³/mol. The summed E-state index contributed by atoms with van der Waals surface area (Å²) < 4.78 is 12.9. The van der Waals surface area contributed by atoms with E-state index in [0.29, 0.717) is 22.0 Å². The maximum atomic E-state index is 13.7. The van der Waals surface area contributed by atoms with E-state index in [2.05, 4.69) is 20.9 Å². The molecule has 1 N–H and O–H groups in total. The fourth-order valence-electron chi connectivity index (χ4n) is 4.38. The Morgan fingerprint density at radius 1 is 1.22 bits per heavy atom. The van der Waals surface area contributed by atoms with Gasteiger partial charge in [0, 0.05) is 14.7 Å². The zero-order chi connectivity index (χ0) is 25.1. The smallest absolute Gasteiger partial charge is 0.296 e. The van der Waals surface area contributed by atoms with Gasteiger partial charge in [0.25, 0.3) is 5.91 Å². The standard InChI is InChI=1S/C26H17BrN2O5S2/c1-12-8-15-20(11-17(12)33-2)36-26(28-15)29-22(19-4-3-7-35-19)21(24(31)25(29)32)23(30)18-10-13-9-14(27)5-6-16(13)34-18/h3-11,22,31H,1-2H3. The van der Waals surface area contributed by atoms with Crippen molar-refractivity contribution in [1.29, 1.82) is 0 Å². The van der Waals surface area contributed by atoms with Crippen LogP contribution < -0.4 is 9.64 Å². The van der Waals surface area contributed by atoms with Gasteiger partial charge >= 0.3 is 0 Å². The molecule has 3 aromatic heterocycles. The number of ether oxygens (including phenoxy) is 1. The van der Waals surface area contributed by atoms with Crippen LogP contribution in [0.25, 0.3) is 21.2 Å². The molecule has 10 heteroatoms. The van der Waals surface area contributed by atoms with E-state index in [-0.39, 0.29) is 11.3 Å². The fraction of sp³-hybridized carbons (Fsp3) is 0.115. The minimum Gasteiger partial charge on any atom is -0.503 e. The van der Waals surface area contributed by atoms with E-state index in [0.717, 1.165) is 25.0 Å². The molecule has 0 radical (unpaired) electrons. The number of furan rings is 1. The molecule has 4 heterocycles. The highest BCUT2D eigenvalue weighted by Gasteiger charge is 2.47. The van der Waals surface area contributed by atoms with Gasteiger partial charge in [-0.2, -0.15) is 0 Å². The Kier molecular flexibility index (Phi) is 5.47. The number of methoxy groups -OCH3 is 1. The number of aliphatic hydroxyl groups excluding tert-OH is 1. The van der Waals surface area contributed by atoms with Gasteiger partial charge in [-0.1, -0.05) is 33.3 Å². The summed E-state index contributed by atoms with van der Waals surface area (Å²) in [6, 6.07) is 13.6. The number of fused-ring (bicyclic) bond motifs is 2. The summed E-state index contributed by atoms with van der Waals surface area (Å²) in [4.78, 5) is 33.9. The molecule has 0 spiro atoms. The molecule has 6 rings (SSSR count). The number of anilines is 1. The average Bonchev–Trinajstić information content (AvgIpc) is 3.64. The van der Waals surface area contributed by atoms with Crippen LogP contribution in [-0.2, 0) is 4.79 Å². The minimum atomic E-state index is -0.839. The fourth-order valence-corrected chi connectivity index (χ4v) is 6.58. The van der Waals surface area contributed by atoms with Crippen molar-refractivity contribution in [1.82, 2.24) is 4.98 Å². The van der Waals surface area contributed by atoms with Crippen molar-refractivity contribution in [3.05, 3.63) is 85.9 Å². The van der Waals surface area contributed by atoms with Crippen LogP contribution in [0.4, 0.5) is 5.13 Å². The summed E-state index contributed by atoms with van der Waals surface area (Å²) >= 11 is 6.11. The molecule has 1 aliphatic heterocycles. The number of halogens is 1. The number of aliphatic hydroxyl groups is 1. The van der Waals surface area contributed by atoms with Crippen LogP contribution in [0.1, 0.15) is 27.0 Å². The SMILES string of the molecule is COc1cc2sc(N3C(=O)C(O)=C(C(=O)c4cc5cc(Br)ccc5o4)C3c3cccs3)nc2cc1C. The number of hydrogen-bond acceptors (Lipinski definition) is 8. The largest absolute Gasteiger partial charge is 0.503 e. The Morgan fingerprint density at radius 2 is 2.06 bits per heavy atom. The van der Waals surface area contributed by atoms with Crippen molar-refractivity contribution in [2.75, 3.05) is 12.0 Å². The molecular formula is C26H17BrN2O5S2. The zero-order valence-electron chi connectivity index (χ0n) is 18.9. The van der Waals surface area contributed by atoms with Crippen LogP contribution in [-0.4, -0.2) is 28.9 Å². The van der Waals surface area contributed by atoms with Crippen LogP contribution in [0.2, 0.25) is 0 Å². The van der Waals surface area contributed by atoms with Crippen LogP contribution in [0.5, 0.6) is 5.75 Å². The average molecular weight is 581 g/mol. The van der Waals surface area contributed by atoms with E-state index < -0.39 is 23.5 Å². The molecule has 1 unspecified atom stereocenters. The molecule has 36 heavy (non-hydrogen) atoms. The van der Waals surface area contributed by atoms with Crippen molar-refractivity contribution < 1.29 is 23.8 Å². The Morgan fingerprint density at radius 3 is 2.81 bits per heavy atom. The third kappa shape index (κ3) is 3.56. The van der Waals surface area contributed by atoms with Gasteiger partial charge in [-0.25, -0.2) is 4.98 Å². The molecule has 180 valence electrons. The topological polar surface area (TPSA) is 92.9 Å². The number of thiazole rings is 1. The number of carbonyl (C=O) groups is 2. The van der Waals surface area contributed by atoms with Gasteiger partial charge in [0.1, 0.15) is 17.4 Å². The summed E-state index contributed by atoms with van der Waals surface area (Å²) in [6.07, 6.45) is 0. The number of thiophene rings is 1. The number of aryl methyl sites for hydroxylation is 1. The number of nitrogens with zero attached hydrogens (tertiary/aromatic N) is 2. The molecule has 1 aliphatic rings. The maximum absolute atomic E-state index is 13.7. The quantitative estimate of drug-likeness (QED) is 0.226. The molecule has 0 saturated heterocycles. The van der Waals surface area contributed by atoms with Gasteiger partial charge < -0.3 is 14.3 Å². The molecule has 0 fully saturated rings. The summed E-state index contributed by atoms with van der Waals surface area (Å²) in [6.45, 7) is 1.92. The lowest BCUT2D eigenvalue weighted by molar-refractivity contribution is -0.117. The van der Waals surface area contributed by atoms with E-state index in [1.165, 1.54) is 27.6 Å². The number of hydrogen-bond donors (Lipinski definition) is 1. The normalized spacial score (nSPS) is 16.0. The van der Waals surface area contributed by atoms with E-state index in [9.17, 15) is 14.7 Å². The third-order valence-electron chi connectivity index (χ3n) is 6.07. The Balaban J connectivity index is 1.48. The van der Waals surface area contributed by atoms with Gasteiger partial charge in [-0.3, -0.25) is 14.5 Å². The summed E-state index contributed by atoms with van der Waals surface area (Å²) in [5.74, 6) is -1.07. The van der Waals surface area contributed by atoms with Crippen molar-refractivity contribution in [2.45, 2.75) is 13.0 Å². The van der Waals surface area contributed by atoms with Crippen molar-refractivity contribution >= 4 is 76.6 Å². The highest BCUT2D eigenvalue weighted by Crippen LogP contribution is 2.46. The first-order chi connectivity index (χ1) is 17.4. The second-order valence-corrected chi connectivity index (χ2v) is 11.2. The third-order valence-corrected chi connectivity index (χ3v) is 8.50. The molecule has 1 amide bonds. The number of amides is 1. The predicted octanol–water partition coefficient (Wildman–Crippen LogP) is 6.97. The highest BCUT2D eigenvalue weighted by atomic mass is 79.9. The molecule has 2 aromatic carbocycles. The number of benzene rings is 2. The van der Waals surface area contributed by atoms with Gasteiger partial charge in [-0.15, -0.1) is 11.3 Å². The van der Waals surface area contributed by atoms with Gasteiger partial charge in [-0.05, 0) is 60.3 Å². The molecule has 7 nitrogen and oxygen atoms in total. The monoisotopic (exact) mass is 580 g/mol. The first-order valence-electron chi connectivity index (χ1n) is 10.8. The van der Waals surface area contributed by atoms with Crippen LogP contribution >= 0.6 is 38.6 Å². The number of Topliss-reactive ketones (excluding diaryl/α,β-unsaturated/α-hetero) is 1. The van der Waals surface area contributed by atoms with E-state index >= 15 is 0 Å². The van der Waals surface area contributed by atoms with Gasteiger partial charge in [0.05, 0.1) is 22.9 Å². The lowest BCUT2D eigenvalue weighted by Gasteiger charge is -2.22. The van der Waals surface area contributed by atoms with Crippen LogP contribution in [0.15, 0.2) is 74.1 Å². The Labute approximate surface area is 221 Å². The molecule has 0 bridgehead atoms. The number of carbonyl (C=O) groups excluding carboxylic acids is 2. The van der Waals surface area contributed by atoms with E-state index in [4.69, 9.17) is 9.15 Å². The lowest BCUT2D eigenvalue weighted by atomic mass is 10.0. The van der Waals surface area contributed by atoms with Gasteiger partial charge in [0.2, 0.25) is 5.78 Å². The first kappa shape index (κ1) is 23.0. The van der Waals surface area contributed by atoms with Gasteiger partial charge in [0.15, 0.2) is 16.7 Å². The van der Waals surface area contributed by atoms with Crippen molar-refractivity contribution in [3.8, 4) is 5.75 Å². The van der Waals surface area contributed by atoms with Crippen LogP contribution in [0, 0.1) is 6.92 Å². The number of aromatic nitrogens is 1. The Hall–Kier alpha value is -3.47. The second-order valence-electron chi connectivity index (χ2n) is 8.26. The first-order valence-corrected chi connectivity index (χ1v) is 13.3. The Bertz CT molecular complexity index is 1720. The van der Waals surface area contributed by atoms with Crippen LogP contribution in [0.3, 0.4) is 0 Å². The molecule has 0 aliphatic carbocycles. The number of ketones is 1. The molecule has 0 saturated carbocycles. The van der Waals surface area contributed by atoms with E-state index in [1.807, 2.05) is 48.7 Å². The molecule has 5 aromatic rings. The highest BCUT2D eigenvalue weighted by molar-refractivity contribution is 9.10. The molecule has 1 atom stereocenters. The second kappa shape index (κ2) is 8.58. The lowest BCUT2D eigenvalue weighted by Crippen LogP contribution is -2.30. The zero-order valence-corrected chi connectivity index (χ0v) is 22.2. The van der Waals surface area contributed by atoms with E-state index in [1.54, 1.807) is 19.2 Å². The summed E-state index contributed by atoms with van der Waals surface area (Å²) in [5, 5.41) is 14.0. The van der Waals surface area contributed by atoms with Crippen molar-refractivity contribution in [3.63, 3.8) is 0 Å². The number of rotatable bonds is 5. The summed E-state index contributed by atoms with van der Waals surface area (Å²) in [7, 11) is 1.60.